The molecule has 2 unspecified atom stereocenters. The van der Waals surface area contributed by atoms with Crippen molar-refractivity contribution in [3.63, 3.8) is 0 Å². The van der Waals surface area contributed by atoms with Crippen molar-refractivity contribution in [2.24, 2.45) is 17.3 Å². The number of carbonyl (C=O) groups is 1. The van der Waals surface area contributed by atoms with Crippen LogP contribution in [-0.2, 0) is 16.1 Å². The molecule has 1 aromatic rings. The van der Waals surface area contributed by atoms with Crippen molar-refractivity contribution in [2.75, 3.05) is 0 Å². The molecule has 1 aromatic carbocycles. The average Bonchev–Trinajstić information content (AvgIpc) is 2.46. The van der Waals surface area contributed by atoms with E-state index in [1.807, 2.05) is 13.8 Å². The zero-order valence-electron chi connectivity index (χ0n) is 12.5. The van der Waals surface area contributed by atoms with Gasteiger partial charge >= 0.3 is 5.97 Å². The Morgan fingerprint density at radius 1 is 1.30 bits per heavy atom. The highest BCUT2D eigenvalue weighted by molar-refractivity contribution is 6.55. The fraction of sp³-hybridized carbons (Fsp3) is 0.438. The summed E-state index contributed by atoms with van der Waals surface area (Å²) in [5.74, 6) is -4.53. The van der Waals surface area contributed by atoms with E-state index >= 15 is 0 Å². The molecule has 2 nitrogen and oxygen atoms in total. The third-order valence-electron chi connectivity index (χ3n) is 4.45. The van der Waals surface area contributed by atoms with Crippen LogP contribution in [-0.4, -0.2) is 5.97 Å². The Kier molecular flexibility index (Phi) is 5.31. The summed E-state index contributed by atoms with van der Waals surface area (Å²) in [5, 5.41) is 0. The van der Waals surface area contributed by atoms with E-state index in [4.69, 9.17) is 27.9 Å². The van der Waals surface area contributed by atoms with Gasteiger partial charge in [0.15, 0.2) is 11.6 Å². The van der Waals surface area contributed by atoms with Gasteiger partial charge in [0.1, 0.15) is 16.9 Å². The van der Waals surface area contributed by atoms with E-state index in [1.54, 1.807) is 6.08 Å². The van der Waals surface area contributed by atoms with E-state index in [0.29, 0.717) is 12.5 Å². The average molecular weight is 367 g/mol. The fourth-order valence-electron chi connectivity index (χ4n) is 2.74. The molecule has 1 aliphatic rings. The van der Waals surface area contributed by atoms with Gasteiger partial charge in [-0.2, -0.15) is 0 Å². The van der Waals surface area contributed by atoms with Gasteiger partial charge in [0.25, 0.3) is 0 Å². The Balaban J connectivity index is 2.02. The number of esters is 1. The van der Waals surface area contributed by atoms with Crippen molar-refractivity contribution in [1.82, 2.24) is 0 Å². The Labute approximate surface area is 142 Å². The van der Waals surface area contributed by atoms with E-state index in [9.17, 15) is 18.0 Å². The van der Waals surface area contributed by atoms with Crippen LogP contribution in [0.15, 0.2) is 22.7 Å². The summed E-state index contributed by atoms with van der Waals surface area (Å²) in [6, 6.07) is 1.47. The van der Waals surface area contributed by atoms with Crippen LogP contribution in [0.3, 0.4) is 0 Å². The second-order valence-corrected chi connectivity index (χ2v) is 7.11. The minimum atomic E-state index is -1.35. The summed E-state index contributed by atoms with van der Waals surface area (Å²) in [7, 11) is 0. The van der Waals surface area contributed by atoms with Gasteiger partial charge < -0.3 is 4.74 Å². The largest absolute Gasteiger partial charge is 0.460 e. The number of ether oxygens (including phenoxy) is 1. The van der Waals surface area contributed by atoms with Crippen molar-refractivity contribution in [2.45, 2.75) is 26.9 Å². The van der Waals surface area contributed by atoms with Gasteiger partial charge in [-0.05, 0) is 29.9 Å². The van der Waals surface area contributed by atoms with Crippen LogP contribution in [0.5, 0.6) is 0 Å². The number of rotatable bonds is 4. The first-order chi connectivity index (χ1) is 10.6. The molecule has 0 saturated heterocycles. The molecule has 0 aromatic heterocycles. The van der Waals surface area contributed by atoms with Crippen LogP contribution in [0.25, 0.3) is 0 Å². The summed E-state index contributed by atoms with van der Waals surface area (Å²) in [5.41, 5.74) is -1.04. The van der Waals surface area contributed by atoms with Crippen molar-refractivity contribution < 1.29 is 22.7 Å². The summed E-state index contributed by atoms with van der Waals surface area (Å²) in [6.07, 6.45) is 2.13. The van der Waals surface area contributed by atoms with Gasteiger partial charge in [0, 0.05) is 0 Å². The SMILES string of the molecule is CC1(C)C(C=C(Cl)Cl)CC1C(=O)OCc1c(F)ccc(F)c1F. The summed E-state index contributed by atoms with van der Waals surface area (Å²) in [6.45, 7) is 3.05. The molecule has 1 saturated carbocycles. The van der Waals surface area contributed by atoms with E-state index in [0.717, 1.165) is 6.07 Å². The van der Waals surface area contributed by atoms with Crippen LogP contribution in [0.1, 0.15) is 25.8 Å². The minimum absolute atomic E-state index is 0.00712. The van der Waals surface area contributed by atoms with Gasteiger partial charge in [-0.1, -0.05) is 43.1 Å². The Bertz CT molecular complexity index is 655. The Morgan fingerprint density at radius 2 is 1.91 bits per heavy atom. The number of halogens is 5. The smallest absolute Gasteiger partial charge is 0.309 e. The number of carbonyl (C=O) groups excluding carboxylic acids is 1. The molecule has 1 fully saturated rings. The minimum Gasteiger partial charge on any atom is -0.460 e. The highest BCUT2D eigenvalue weighted by Crippen LogP contribution is 2.53. The number of allylic oxidation sites excluding steroid dienone is 1. The lowest BCUT2D eigenvalue weighted by Gasteiger charge is -2.49. The third-order valence-corrected chi connectivity index (χ3v) is 4.70. The topological polar surface area (TPSA) is 26.3 Å². The first kappa shape index (κ1) is 18.1. The van der Waals surface area contributed by atoms with Crippen molar-refractivity contribution in [3.05, 3.63) is 45.7 Å². The normalized spacial score (nSPS) is 22.2. The number of hydrogen-bond donors (Lipinski definition) is 0. The lowest BCUT2D eigenvalue weighted by atomic mass is 9.55. The van der Waals surface area contributed by atoms with Crippen LogP contribution < -0.4 is 0 Å². The predicted molar refractivity (Wildman–Crippen MR) is 81.3 cm³/mol. The van der Waals surface area contributed by atoms with Gasteiger partial charge in [-0.15, -0.1) is 0 Å². The molecule has 0 N–H and O–H groups in total. The number of benzene rings is 1. The second-order valence-electron chi connectivity index (χ2n) is 6.10. The quantitative estimate of drug-likeness (QED) is 0.545. The van der Waals surface area contributed by atoms with Crippen molar-refractivity contribution in [3.8, 4) is 0 Å². The van der Waals surface area contributed by atoms with Crippen LogP contribution in [0, 0.1) is 34.7 Å². The second kappa shape index (κ2) is 6.73. The molecule has 7 heteroatoms. The molecule has 2 rings (SSSR count). The molecule has 23 heavy (non-hydrogen) atoms. The molecule has 0 bridgehead atoms. The monoisotopic (exact) mass is 366 g/mol. The van der Waals surface area contributed by atoms with Gasteiger partial charge in [-0.25, -0.2) is 13.2 Å². The molecule has 2 atom stereocenters. The van der Waals surface area contributed by atoms with E-state index < -0.39 is 46.9 Å². The lowest BCUT2D eigenvalue weighted by Crippen LogP contribution is -2.48. The molecule has 0 aliphatic heterocycles. The van der Waals surface area contributed by atoms with Crippen LogP contribution in [0.2, 0.25) is 0 Å². The van der Waals surface area contributed by atoms with Gasteiger partial charge in [0.2, 0.25) is 0 Å². The first-order valence-electron chi connectivity index (χ1n) is 6.96. The maximum atomic E-state index is 13.5. The zero-order chi connectivity index (χ0) is 17.4. The standard InChI is InChI=1S/C16H15Cl2F3O2/c1-16(2)8(6-13(17)18)5-10(16)15(22)23-7-9-11(19)3-4-12(20)14(9)21/h3-4,6,8,10H,5,7H2,1-2H3. The molecule has 0 amide bonds. The predicted octanol–water partition coefficient (Wildman–Crippen LogP) is 5.13. The summed E-state index contributed by atoms with van der Waals surface area (Å²) < 4.78 is 45.2. The van der Waals surface area contributed by atoms with E-state index in [-0.39, 0.29) is 10.4 Å². The lowest BCUT2D eigenvalue weighted by molar-refractivity contribution is -0.164. The zero-order valence-corrected chi connectivity index (χ0v) is 14.0. The maximum absolute atomic E-state index is 13.5. The highest BCUT2D eigenvalue weighted by atomic mass is 35.5. The molecule has 0 radical (unpaired) electrons. The van der Waals surface area contributed by atoms with E-state index in [1.165, 1.54) is 0 Å². The molecule has 0 heterocycles. The Morgan fingerprint density at radius 3 is 2.48 bits per heavy atom. The summed E-state index contributed by atoms with van der Waals surface area (Å²) >= 11 is 11.2. The van der Waals surface area contributed by atoms with Crippen LogP contribution >= 0.6 is 23.2 Å². The Hall–Kier alpha value is -1.20. The molecule has 1 aliphatic carbocycles. The van der Waals surface area contributed by atoms with Crippen LogP contribution in [0.4, 0.5) is 13.2 Å². The van der Waals surface area contributed by atoms with E-state index in [2.05, 4.69) is 0 Å². The first-order valence-corrected chi connectivity index (χ1v) is 7.72. The van der Waals surface area contributed by atoms with Crippen molar-refractivity contribution >= 4 is 29.2 Å². The van der Waals surface area contributed by atoms with Gasteiger partial charge in [-0.3, -0.25) is 4.79 Å². The van der Waals surface area contributed by atoms with Crippen molar-refractivity contribution in [1.29, 1.82) is 0 Å². The third kappa shape index (κ3) is 3.66. The summed E-state index contributed by atoms with van der Waals surface area (Å²) in [4.78, 5) is 12.1. The molecule has 126 valence electrons. The highest BCUT2D eigenvalue weighted by Gasteiger charge is 2.51. The van der Waals surface area contributed by atoms with Gasteiger partial charge in [0.05, 0.1) is 11.5 Å². The number of hydrogen-bond acceptors (Lipinski definition) is 2. The molecule has 0 spiro atoms. The maximum Gasteiger partial charge on any atom is 0.309 e. The molecular formula is C16H15Cl2F3O2. The molecular weight excluding hydrogens is 352 g/mol. The fourth-order valence-corrected chi connectivity index (χ4v) is 3.04.